The molecule has 504 valence electrons. The van der Waals surface area contributed by atoms with Crippen molar-refractivity contribution in [2.75, 3.05) is 85.1 Å². The molecule has 0 spiro atoms. The molecule has 1 saturated heterocycles. The molecule has 1 aliphatic rings. The number of carbonyl (C=O) groups excluding carboxylic acids is 9. The summed E-state index contributed by atoms with van der Waals surface area (Å²) in [5.74, 6) is -4.03. The van der Waals surface area contributed by atoms with Crippen LogP contribution < -0.4 is 21.3 Å². The fraction of sp³-hybridized carbons (Fsp3) is 0.859. The molecule has 1 heterocycles. The van der Waals surface area contributed by atoms with Crippen LogP contribution in [0, 0.1) is 0 Å². The molecule has 0 saturated carbocycles. The van der Waals surface area contributed by atoms with E-state index in [9.17, 15) is 43.2 Å². The molecule has 0 aromatic rings. The largest absolute Gasteiger partial charge is 0.460 e. The second-order valence-corrected chi connectivity index (χ2v) is 28.9. The molecule has 1 aliphatic heterocycles. The number of nitrogens with zero attached hydrogens (tertiary/aromatic N) is 4. The van der Waals surface area contributed by atoms with E-state index in [0.29, 0.717) is 78.0 Å². The summed E-state index contributed by atoms with van der Waals surface area (Å²) in [4.78, 5) is 129. The lowest BCUT2D eigenvalue weighted by atomic mass is 10.0. The van der Waals surface area contributed by atoms with Crippen molar-refractivity contribution in [3.63, 3.8) is 0 Å². The Morgan fingerprint density at radius 1 is 0.356 bits per heavy atom. The molecule has 3 atom stereocenters. The first-order valence-electron chi connectivity index (χ1n) is 31.9. The van der Waals surface area contributed by atoms with Crippen molar-refractivity contribution in [1.82, 2.24) is 40.9 Å². The SMILES string of the molecule is CCCCCCCCCCC(NC(=O)CN1CCN(CC(=O)OC(C)(C)C)CCN(CC(=O)OC(C)(C)C)CCN(CC(=O)OC(C)(C)C)CC1)C(=O)NCCCCC(NC(=O)NC(CCC(=O)OC(C)(C)C)C(=O)OC(C)(C)C)C(=O)OC(C)(C)C. The van der Waals surface area contributed by atoms with Crippen LogP contribution in [-0.4, -0.2) is 210 Å². The maximum Gasteiger partial charge on any atom is 0.329 e. The van der Waals surface area contributed by atoms with E-state index >= 15 is 0 Å². The number of hydrogen-bond acceptors (Lipinski definition) is 19. The molecule has 0 aliphatic carbocycles. The van der Waals surface area contributed by atoms with Crippen LogP contribution in [0.15, 0.2) is 0 Å². The molecule has 0 aromatic heterocycles. The van der Waals surface area contributed by atoms with Gasteiger partial charge in [0.05, 0.1) is 26.2 Å². The van der Waals surface area contributed by atoms with Gasteiger partial charge >= 0.3 is 41.8 Å². The fourth-order valence-corrected chi connectivity index (χ4v) is 9.14. The smallest absolute Gasteiger partial charge is 0.329 e. The maximum atomic E-state index is 14.3. The molecule has 87 heavy (non-hydrogen) atoms. The Kier molecular flexibility index (Phi) is 35.3. The van der Waals surface area contributed by atoms with Crippen LogP contribution >= 0.6 is 0 Å². The van der Waals surface area contributed by atoms with Gasteiger partial charge in [0.15, 0.2) is 0 Å². The highest BCUT2D eigenvalue weighted by atomic mass is 16.6. The van der Waals surface area contributed by atoms with E-state index in [1.54, 1.807) is 125 Å². The van der Waals surface area contributed by atoms with Gasteiger partial charge in [-0.3, -0.25) is 48.4 Å². The number of rotatable bonds is 31. The molecule has 23 nitrogen and oxygen atoms in total. The standard InChI is InChI=1S/C64H118N8O15/c1-20-21-22-23-24-25-26-27-30-47(55(78)65-34-29-28-31-48(56(79)86-63(14,15)16)67-58(81)68-49(57(80)87-64(17,18)19)32-33-51(74)82-59(2,3)4)66-50(73)43-69-35-37-70(44-52(75)83-60(5,6)7)39-41-72(46-54(77)85-62(11,12)13)42-40-71(38-36-69)45-53(76)84-61(8,9)10/h47-49H,20-46H2,1-19H3,(H,65,78)(H,66,73)(H2,67,68,81). The molecular formula is C64H118N8O15. The Hall–Kier alpha value is -5.13. The first-order valence-corrected chi connectivity index (χ1v) is 31.9. The molecule has 0 aromatic carbocycles. The number of unbranched alkanes of at least 4 members (excludes halogenated alkanes) is 8. The van der Waals surface area contributed by atoms with Crippen molar-refractivity contribution < 1.29 is 71.6 Å². The molecule has 4 amide bonds. The van der Waals surface area contributed by atoms with Gasteiger partial charge in [0.25, 0.3) is 0 Å². The number of amides is 4. The molecule has 3 unspecified atom stereocenters. The maximum absolute atomic E-state index is 14.3. The predicted octanol–water partition coefficient (Wildman–Crippen LogP) is 7.38. The predicted molar refractivity (Wildman–Crippen MR) is 335 cm³/mol. The zero-order chi connectivity index (χ0) is 66.4. The molecule has 1 rings (SSSR count). The van der Waals surface area contributed by atoms with Crippen molar-refractivity contribution >= 4 is 53.7 Å². The fourth-order valence-electron chi connectivity index (χ4n) is 9.14. The number of esters is 6. The highest BCUT2D eigenvalue weighted by Crippen LogP contribution is 2.18. The average molecular weight is 1240 g/mol. The monoisotopic (exact) mass is 1240 g/mol. The first kappa shape index (κ1) is 79.9. The summed E-state index contributed by atoms with van der Waals surface area (Å²) < 4.78 is 33.8. The molecule has 0 radical (unpaired) electrons. The highest BCUT2D eigenvalue weighted by Gasteiger charge is 2.33. The zero-order valence-corrected chi connectivity index (χ0v) is 57.2. The Bertz CT molecular complexity index is 2090. The molecule has 0 bridgehead atoms. The number of carbonyl (C=O) groups is 9. The Morgan fingerprint density at radius 3 is 1.03 bits per heavy atom. The summed E-state index contributed by atoms with van der Waals surface area (Å²) in [5, 5.41) is 11.3. The normalized spacial score (nSPS) is 16.1. The van der Waals surface area contributed by atoms with E-state index in [0.717, 1.165) is 32.1 Å². The first-order chi connectivity index (χ1) is 40.0. The lowest BCUT2D eigenvalue weighted by Crippen LogP contribution is -2.53. The van der Waals surface area contributed by atoms with E-state index in [1.165, 1.54) is 12.8 Å². The van der Waals surface area contributed by atoms with Gasteiger partial charge in [-0.15, -0.1) is 0 Å². The highest BCUT2D eigenvalue weighted by molar-refractivity contribution is 5.89. The molecule has 23 heteroatoms. The van der Waals surface area contributed by atoms with Crippen molar-refractivity contribution in [2.24, 2.45) is 0 Å². The van der Waals surface area contributed by atoms with Crippen molar-refractivity contribution in [3.05, 3.63) is 0 Å². The average Bonchev–Trinajstić information content (AvgIpc) is 3.45. The van der Waals surface area contributed by atoms with Crippen LogP contribution in [0.2, 0.25) is 0 Å². The quantitative estimate of drug-likeness (QED) is 0.0299. The number of nitrogens with one attached hydrogen (secondary N) is 4. The molecule has 4 N–H and O–H groups in total. The third kappa shape index (κ3) is 43.2. The Morgan fingerprint density at radius 2 is 0.667 bits per heavy atom. The van der Waals surface area contributed by atoms with Gasteiger partial charge in [-0.25, -0.2) is 14.4 Å². The van der Waals surface area contributed by atoms with Crippen LogP contribution in [0.3, 0.4) is 0 Å². The second-order valence-electron chi connectivity index (χ2n) is 28.9. The Labute approximate surface area is 522 Å². The van der Waals surface area contributed by atoms with E-state index in [-0.39, 0.29) is 63.8 Å². The van der Waals surface area contributed by atoms with Gasteiger partial charge in [-0.1, -0.05) is 58.3 Å². The van der Waals surface area contributed by atoms with Crippen LogP contribution in [0.5, 0.6) is 0 Å². The van der Waals surface area contributed by atoms with Gasteiger partial charge in [0, 0.05) is 65.3 Å². The summed E-state index contributed by atoms with van der Waals surface area (Å²) >= 11 is 0. The van der Waals surface area contributed by atoms with E-state index < -0.39 is 93.6 Å². The number of urea groups is 1. The van der Waals surface area contributed by atoms with Gasteiger partial charge in [-0.2, -0.15) is 0 Å². The minimum atomic E-state index is -1.25. The summed E-state index contributed by atoms with van der Waals surface area (Å²) in [6, 6.07) is -4.14. The molecular weight excluding hydrogens is 1120 g/mol. The molecule has 1 fully saturated rings. The van der Waals surface area contributed by atoms with Gasteiger partial charge in [0.1, 0.15) is 51.7 Å². The van der Waals surface area contributed by atoms with Crippen LogP contribution in [0.1, 0.15) is 221 Å². The lowest BCUT2D eigenvalue weighted by molar-refractivity contribution is -0.159. The van der Waals surface area contributed by atoms with Gasteiger partial charge in [-0.05, 0) is 157 Å². The van der Waals surface area contributed by atoms with Crippen LogP contribution in [0.4, 0.5) is 4.79 Å². The van der Waals surface area contributed by atoms with E-state index in [2.05, 4.69) is 28.2 Å². The van der Waals surface area contributed by atoms with Crippen LogP contribution in [-0.2, 0) is 66.8 Å². The number of ether oxygens (including phenoxy) is 6. The third-order valence-electron chi connectivity index (χ3n) is 12.9. The number of hydrogen-bond donors (Lipinski definition) is 4. The summed E-state index contributed by atoms with van der Waals surface area (Å²) in [6.45, 7) is 36.6. The second kappa shape index (κ2) is 38.4. The van der Waals surface area contributed by atoms with Gasteiger partial charge < -0.3 is 49.7 Å². The minimum Gasteiger partial charge on any atom is -0.460 e. The zero-order valence-electron chi connectivity index (χ0n) is 57.2. The minimum absolute atomic E-state index is 0.00785. The van der Waals surface area contributed by atoms with Gasteiger partial charge in [0.2, 0.25) is 11.8 Å². The summed E-state index contributed by atoms with van der Waals surface area (Å²) in [7, 11) is 0. The third-order valence-corrected chi connectivity index (χ3v) is 12.9. The van der Waals surface area contributed by atoms with Crippen LogP contribution in [0.25, 0.3) is 0 Å². The summed E-state index contributed by atoms with van der Waals surface area (Å²) in [6.07, 6.45) is 9.20. The van der Waals surface area contributed by atoms with E-state index in [4.69, 9.17) is 28.4 Å². The topological polar surface area (TPSA) is 270 Å². The van der Waals surface area contributed by atoms with Crippen molar-refractivity contribution in [1.29, 1.82) is 0 Å². The van der Waals surface area contributed by atoms with Crippen molar-refractivity contribution in [3.8, 4) is 0 Å². The summed E-state index contributed by atoms with van der Waals surface area (Å²) in [5.41, 5.74) is -4.71. The van der Waals surface area contributed by atoms with E-state index in [1.807, 2.05) is 19.6 Å². The van der Waals surface area contributed by atoms with Crippen molar-refractivity contribution in [2.45, 2.75) is 273 Å². The lowest BCUT2D eigenvalue weighted by Gasteiger charge is -2.34. The Balaban J connectivity index is 3.43.